The lowest BCUT2D eigenvalue weighted by atomic mass is 9.79. The fourth-order valence-corrected chi connectivity index (χ4v) is 5.34. The summed E-state index contributed by atoms with van der Waals surface area (Å²) in [6, 6.07) is -0.274. The summed E-state index contributed by atoms with van der Waals surface area (Å²) in [4.78, 5) is 27.9. The molecule has 3 aliphatic heterocycles. The number of ether oxygens (including phenoxy) is 1. The van der Waals surface area contributed by atoms with Crippen LogP contribution in [0.25, 0.3) is 0 Å². The van der Waals surface area contributed by atoms with Gasteiger partial charge in [0.2, 0.25) is 5.91 Å². The van der Waals surface area contributed by atoms with Gasteiger partial charge in [0.15, 0.2) is 0 Å². The third-order valence-electron chi connectivity index (χ3n) is 5.12. The van der Waals surface area contributed by atoms with Crippen molar-refractivity contribution in [3.05, 3.63) is 10.6 Å². The van der Waals surface area contributed by atoms with Crippen LogP contribution in [0.2, 0.25) is 0 Å². The number of methoxy groups -OCH3 is 1. The van der Waals surface area contributed by atoms with E-state index in [1.807, 2.05) is 11.8 Å². The van der Waals surface area contributed by atoms with E-state index < -0.39 is 18.0 Å². The van der Waals surface area contributed by atoms with E-state index in [-0.39, 0.29) is 35.4 Å². The Morgan fingerprint density at radius 3 is 2.64 bits per heavy atom. The number of amidine groups is 1. The van der Waals surface area contributed by atoms with Crippen molar-refractivity contribution in [2.24, 2.45) is 11.8 Å². The largest absolute Gasteiger partial charge is 0.477 e. The number of aliphatic carboxylic acids is 1. The Morgan fingerprint density at radius 1 is 1.48 bits per heavy atom. The molecule has 0 aliphatic carbocycles. The average Bonchev–Trinajstić information content (AvgIpc) is 2.71. The third kappa shape index (κ3) is 2.84. The van der Waals surface area contributed by atoms with Crippen molar-refractivity contribution >= 4 is 29.5 Å². The monoisotopic (exact) mass is 369 g/mol. The molecule has 25 heavy (non-hydrogen) atoms. The van der Waals surface area contributed by atoms with Crippen molar-refractivity contribution in [1.82, 2.24) is 9.80 Å². The summed E-state index contributed by atoms with van der Waals surface area (Å²) in [7, 11) is 1.55. The van der Waals surface area contributed by atoms with Crippen LogP contribution in [0.3, 0.4) is 0 Å². The van der Waals surface area contributed by atoms with E-state index in [1.165, 1.54) is 16.7 Å². The van der Waals surface area contributed by atoms with Crippen molar-refractivity contribution < 1.29 is 24.5 Å². The molecule has 2 fully saturated rings. The summed E-state index contributed by atoms with van der Waals surface area (Å²) in [5, 5.41) is 27.5. The molecule has 3 heterocycles. The smallest absolute Gasteiger partial charge is 0.353 e. The maximum absolute atomic E-state index is 12.3. The van der Waals surface area contributed by atoms with Crippen LogP contribution in [0, 0.1) is 17.2 Å². The zero-order valence-electron chi connectivity index (χ0n) is 14.4. The number of likely N-dealkylation sites (tertiary alicyclic amines) is 1. The number of thioether (sulfide) groups is 1. The number of fused-ring (bicyclic) bond motifs is 1. The van der Waals surface area contributed by atoms with Crippen LogP contribution in [0.5, 0.6) is 0 Å². The molecule has 1 amide bonds. The van der Waals surface area contributed by atoms with Gasteiger partial charge < -0.3 is 24.7 Å². The number of amides is 1. The van der Waals surface area contributed by atoms with Gasteiger partial charge >= 0.3 is 5.97 Å². The molecule has 3 N–H and O–H groups in total. The second-order valence-corrected chi connectivity index (χ2v) is 8.14. The predicted octanol–water partition coefficient (Wildman–Crippen LogP) is 0.181. The number of aliphatic hydroxyl groups excluding tert-OH is 1. The van der Waals surface area contributed by atoms with Gasteiger partial charge in [0.1, 0.15) is 18.1 Å². The zero-order chi connectivity index (χ0) is 18.5. The molecule has 0 aromatic carbocycles. The molecule has 3 rings (SSSR count). The first kappa shape index (κ1) is 18.2. The lowest BCUT2D eigenvalue weighted by molar-refractivity contribution is -0.163. The standard InChI is InChI=1S/C16H23N3O5S/c1-7-12-11(8(2)20)15(21)19(12)13(16(22)23)14(7)25-9-4-18(5-9)10(17)6-24-3/h7-9,11-12,17,20H,4-6H2,1-3H3,(H,22,23)/t7-,8-,11-,12-/m1/s1. The molecule has 8 nitrogen and oxygen atoms in total. The summed E-state index contributed by atoms with van der Waals surface area (Å²) >= 11 is 1.49. The SMILES string of the molecule is COCC(=N)N1CC(SC2=C(C(=O)O)N3C(=O)[C@H]([C@@H](C)O)[C@H]3[C@H]2C)C1. The highest BCUT2D eigenvalue weighted by Crippen LogP contribution is 2.51. The number of nitrogens with one attached hydrogen (secondary N) is 1. The minimum absolute atomic E-state index is 0.0646. The number of nitrogens with zero attached hydrogens (tertiary/aromatic N) is 2. The van der Waals surface area contributed by atoms with E-state index in [0.29, 0.717) is 23.8 Å². The number of rotatable bonds is 6. The first-order chi connectivity index (χ1) is 11.8. The molecule has 4 atom stereocenters. The summed E-state index contributed by atoms with van der Waals surface area (Å²) in [6.07, 6.45) is -0.788. The van der Waals surface area contributed by atoms with Gasteiger partial charge in [0, 0.05) is 36.3 Å². The molecule has 0 saturated carbocycles. The molecule has 0 radical (unpaired) electrons. The molecular weight excluding hydrogens is 346 g/mol. The van der Waals surface area contributed by atoms with E-state index in [1.54, 1.807) is 14.0 Å². The van der Waals surface area contributed by atoms with Gasteiger partial charge in [-0.15, -0.1) is 11.8 Å². The first-order valence-corrected chi connectivity index (χ1v) is 9.12. The molecule has 0 aromatic heterocycles. The predicted molar refractivity (Wildman–Crippen MR) is 92.2 cm³/mol. The summed E-state index contributed by atoms with van der Waals surface area (Å²) < 4.78 is 4.95. The Labute approximate surface area is 150 Å². The van der Waals surface area contributed by atoms with Crippen LogP contribution in [-0.2, 0) is 14.3 Å². The van der Waals surface area contributed by atoms with Crippen LogP contribution >= 0.6 is 11.8 Å². The lowest BCUT2D eigenvalue weighted by Gasteiger charge is -2.46. The lowest BCUT2D eigenvalue weighted by Crippen LogP contribution is -2.63. The average molecular weight is 369 g/mol. The van der Waals surface area contributed by atoms with Crippen molar-refractivity contribution in [3.8, 4) is 0 Å². The van der Waals surface area contributed by atoms with E-state index >= 15 is 0 Å². The van der Waals surface area contributed by atoms with Gasteiger partial charge in [0.25, 0.3) is 0 Å². The fraction of sp³-hybridized carbons (Fsp3) is 0.688. The minimum atomic E-state index is -1.10. The van der Waals surface area contributed by atoms with E-state index in [4.69, 9.17) is 10.1 Å². The number of β-lactam (4-membered cyclic amide) rings is 1. The van der Waals surface area contributed by atoms with Gasteiger partial charge in [-0.3, -0.25) is 10.2 Å². The molecule has 2 saturated heterocycles. The molecule has 0 unspecified atom stereocenters. The van der Waals surface area contributed by atoms with E-state index in [9.17, 15) is 19.8 Å². The minimum Gasteiger partial charge on any atom is -0.477 e. The second-order valence-electron chi connectivity index (χ2n) is 6.80. The maximum Gasteiger partial charge on any atom is 0.353 e. The van der Waals surface area contributed by atoms with Crippen LogP contribution in [0.1, 0.15) is 13.8 Å². The van der Waals surface area contributed by atoms with E-state index in [0.717, 1.165) is 0 Å². The number of hydrogen-bond donors (Lipinski definition) is 3. The highest BCUT2D eigenvalue weighted by Gasteiger charge is 2.60. The number of hydrogen-bond acceptors (Lipinski definition) is 6. The van der Waals surface area contributed by atoms with Gasteiger partial charge in [0.05, 0.1) is 18.1 Å². The topological polar surface area (TPSA) is 114 Å². The Morgan fingerprint density at radius 2 is 2.12 bits per heavy atom. The fourth-order valence-electron chi connectivity index (χ4n) is 3.82. The first-order valence-electron chi connectivity index (χ1n) is 8.24. The normalized spacial score (nSPS) is 30.1. The summed E-state index contributed by atoms with van der Waals surface area (Å²) in [6.45, 7) is 5.07. The number of carbonyl (C=O) groups excluding carboxylic acids is 1. The van der Waals surface area contributed by atoms with Gasteiger partial charge in [-0.2, -0.15) is 0 Å². The van der Waals surface area contributed by atoms with Crippen LogP contribution in [0.4, 0.5) is 0 Å². The Balaban J connectivity index is 1.72. The molecule has 3 aliphatic rings. The van der Waals surface area contributed by atoms with Crippen molar-refractivity contribution in [3.63, 3.8) is 0 Å². The molecular formula is C16H23N3O5S. The van der Waals surface area contributed by atoms with Gasteiger partial charge in [-0.05, 0) is 6.92 Å². The number of carboxylic acids is 1. The maximum atomic E-state index is 12.3. The van der Waals surface area contributed by atoms with Crippen LogP contribution < -0.4 is 0 Å². The number of carbonyl (C=O) groups is 2. The molecule has 0 aromatic rings. The quantitative estimate of drug-likeness (QED) is 0.348. The van der Waals surface area contributed by atoms with Crippen LogP contribution in [0.15, 0.2) is 10.6 Å². The Bertz CT molecular complexity index is 644. The van der Waals surface area contributed by atoms with Gasteiger partial charge in [-0.25, -0.2) is 4.79 Å². The van der Waals surface area contributed by atoms with Crippen molar-refractivity contribution in [2.75, 3.05) is 26.8 Å². The van der Waals surface area contributed by atoms with Gasteiger partial charge in [-0.1, -0.05) is 6.92 Å². The van der Waals surface area contributed by atoms with Crippen LogP contribution in [-0.4, -0.2) is 81.9 Å². The second kappa shape index (κ2) is 6.62. The Hall–Kier alpha value is -1.58. The Kier molecular flexibility index (Phi) is 4.82. The molecule has 0 spiro atoms. The van der Waals surface area contributed by atoms with Crippen molar-refractivity contribution in [2.45, 2.75) is 31.2 Å². The molecule has 138 valence electrons. The molecule has 9 heteroatoms. The number of aliphatic hydroxyl groups is 1. The highest BCUT2D eigenvalue weighted by molar-refractivity contribution is 8.03. The molecule has 0 bridgehead atoms. The summed E-state index contributed by atoms with van der Waals surface area (Å²) in [5.41, 5.74) is 0.0646. The zero-order valence-corrected chi connectivity index (χ0v) is 15.2. The number of carboxylic acid groups (broad SMARTS) is 1. The van der Waals surface area contributed by atoms with E-state index in [2.05, 4.69) is 0 Å². The van der Waals surface area contributed by atoms with Crippen molar-refractivity contribution in [1.29, 1.82) is 5.41 Å². The summed E-state index contributed by atoms with van der Waals surface area (Å²) in [5.74, 6) is -1.63. The third-order valence-corrected chi connectivity index (χ3v) is 6.57. The highest BCUT2D eigenvalue weighted by atomic mass is 32.2.